The minimum Gasteiger partial charge on any atom is -0.373 e. The van der Waals surface area contributed by atoms with E-state index in [2.05, 4.69) is 36.0 Å². The fourth-order valence-electron chi connectivity index (χ4n) is 2.43. The summed E-state index contributed by atoms with van der Waals surface area (Å²) in [7, 11) is 1.89. The normalized spacial score (nSPS) is 20.4. The Morgan fingerprint density at radius 3 is 2.90 bits per heavy atom. The van der Waals surface area contributed by atoms with Gasteiger partial charge in [-0.25, -0.2) is 9.97 Å². The topological polar surface area (TPSA) is 50.3 Å². The first-order valence-electron chi connectivity index (χ1n) is 7.54. The van der Waals surface area contributed by atoms with E-state index in [9.17, 15) is 0 Å². The summed E-state index contributed by atoms with van der Waals surface area (Å²) >= 11 is 0. The lowest BCUT2D eigenvalue weighted by atomic mass is 10.1. The molecule has 1 aliphatic rings. The highest BCUT2D eigenvalue weighted by molar-refractivity contribution is 5.36. The van der Waals surface area contributed by atoms with Gasteiger partial charge in [-0.05, 0) is 18.9 Å². The molecule has 5 heteroatoms. The van der Waals surface area contributed by atoms with Gasteiger partial charge in [0.2, 0.25) is 0 Å². The van der Waals surface area contributed by atoms with E-state index in [1.807, 2.05) is 13.1 Å². The van der Waals surface area contributed by atoms with Gasteiger partial charge in [-0.1, -0.05) is 20.8 Å². The average molecular weight is 278 g/mol. The molecule has 20 heavy (non-hydrogen) atoms. The van der Waals surface area contributed by atoms with E-state index in [4.69, 9.17) is 9.72 Å². The van der Waals surface area contributed by atoms with Crippen molar-refractivity contribution in [1.29, 1.82) is 0 Å². The van der Waals surface area contributed by atoms with Crippen molar-refractivity contribution in [2.45, 2.75) is 39.2 Å². The van der Waals surface area contributed by atoms with Crippen LogP contribution in [0.4, 0.5) is 5.82 Å². The van der Waals surface area contributed by atoms with Crippen molar-refractivity contribution in [3.8, 4) is 0 Å². The number of aromatic nitrogens is 2. The van der Waals surface area contributed by atoms with E-state index in [1.165, 1.54) is 6.42 Å². The molecule has 1 aromatic rings. The van der Waals surface area contributed by atoms with Gasteiger partial charge in [0, 0.05) is 31.9 Å². The van der Waals surface area contributed by atoms with Crippen LogP contribution in [0.5, 0.6) is 0 Å². The first-order chi connectivity index (χ1) is 9.63. The van der Waals surface area contributed by atoms with E-state index < -0.39 is 0 Å². The zero-order valence-corrected chi connectivity index (χ0v) is 13.0. The Hall–Kier alpha value is -1.20. The maximum absolute atomic E-state index is 5.88. The molecule has 0 aliphatic carbocycles. The molecule has 2 rings (SSSR count). The Kier molecular flexibility index (Phi) is 5.31. The van der Waals surface area contributed by atoms with E-state index in [0.717, 1.165) is 43.6 Å². The van der Waals surface area contributed by atoms with Crippen LogP contribution in [0.2, 0.25) is 0 Å². The van der Waals surface area contributed by atoms with Gasteiger partial charge in [-0.15, -0.1) is 0 Å². The van der Waals surface area contributed by atoms with E-state index >= 15 is 0 Å². The molecule has 0 amide bonds. The molecule has 1 atom stereocenters. The van der Waals surface area contributed by atoms with Crippen molar-refractivity contribution in [3.05, 3.63) is 17.6 Å². The summed E-state index contributed by atoms with van der Waals surface area (Å²) in [6.45, 7) is 10.3. The van der Waals surface area contributed by atoms with Crippen LogP contribution in [0.25, 0.3) is 0 Å². The minimum atomic E-state index is -0.0129. The van der Waals surface area contributed by atoms with Gasteiger partial charge in [0.05, 0.1) is 6.61 Å². The molecule has 0 bridgehead atoms. The number of nitrogens with zero attached hydrogens (tertiary/aromatic N) is 3. The van der Waals surface area contributed by atoms with Crippen LogP contribution in [-0.2, 0) is 4.74 Å². The summed E-state index contributed by atoms with van der Waals surface area (Å²) in [5.41, 5.74) is 1.07. The maximum atomic E-state index is 5.88. The van der Waals surface area contributed by atoms with Crippen LogP contribution in [0, 0.1) is 0 Å². The van der Waals surface area contributed by atoms with Crippen molar-refractivity contribution in [3.63, 3.8) is 0 Å². The largest absolute Gasteiger partial charge is 0.373 e. The molecule has 1 unspecified atom stereocenters. The van der Waals surface area contributed by atoms with Gasteiger partial charge in [0.15, 0.2) is 5.82 Å². The lowest BCUT2D eigenvalue weighted by Gasteiger charge is -2.32. The van der Waals surface area contributed by atoms with E-state index in [0.29, 0.717) is 5.92 Å². The highest BCUT2D eigenvalue weighted by atomic mass is 16.5. The third-order valence-electron chi connectivity index (χ3n) is 3.59. The standard InChI is InChI=1S/C15H26N4O/c1-5-6-19-7-8-20-13(10-19)15-17-12(11(2)3)9-14(16-4)18-15/h9,11,13H,5-8,10H2,1-4H3,(H,16,17,18). The lowest BCUT2D eigenvalue weighted by Crippen LogP contribution is -2.39. The molecule has 0 aromatic carbocycles. The second-order valence-electron chi connectivity index (χ2n) is 5.60. The molecule has 0 saturated carbocycles. The molecule has 0 radical (unpaired) electrons. The monoisotopic (exact) mass is 278 g/mol. The summed E-state index contributed by atoms with van der Waals surface area (Å²) in [5, 5.41) is 3.12. The smallest absolute Gasteiger partial charge is 0.161 e. The fourth-order valence-corrected chi connectivity index (χ4v) is 2.43. The molecular weight excluding hydrogens is 252 g/mol. The number of anilines is 1. The number of morpholine rings is 1. The number of rotatable bonds is 5. The Morgan fingerprint density at radius 1 is 1.45 bits per heavy atom. The third kappa shape index (κ3) is 3.67. The number of nitrogens with one attached hydrogen (secondary N) is 1. The van der Waals surface area contributed by atoms with Crippen LogP contribution >= 0.6 is 0 Å². The van der Waals surface area contributed by atoms with Gasteiger partial charge < -0.3 is 10.1 Å². The summed E-state index contributed by atoms with van der Waals surface area (Å²) in [6, 6.07) is 2.01. The fraction of sp³-hybridized carbons (Fsp3) is 0.733. The molecule has 112 valence electrons. The molecule has 5 nitrogen and oxygen atoms in total. The van der Waals surface area contributed by atoms with Crippen LogP contribution in [0.15, 0.2) is 6.07 Å². The SMILES string of the molecule is CCCN1CCOC(c2nc(NC)cc(C(C)C)n2)C1. The summed E-state index contributed by atoms with van der Waals surface area (Å²) in [5.74, 6) is 2.07. The molecule has 2 heterocycles. The van der Waals surface area contributed by atoms with Gasteiger partial charge >= 0.3 is 0 Å². The lowest BCUT2D eigenvalue weighted by molar-refractivity contribution is -0.0342. The van der Waals surface area contributed by atoms with Crippen LogP contribution in [0.1, 0.15) is 50.7 Å². The third-order valence-corrected chi connectivity index (χ3v) is 3.59. The molecule has 1 aromatic heterocycles. The van der Waals surface area contributed by atoms with Crippen molar-refractivity contribution < 1.29 is 4.74 Å². The zero-order chi connectivity index (χ0) is 14.5. The zero-order valence-electron chi connectivity index (χ0n) is 13.0. The second kappa shape index (κ2) is 6.99. The highest BCUT2D eigenvalue weighted by Crippen LogP contribution is 2.23. The Balaban J connectivity index is 2.20. The molecule has 1 saturated heterocycles. The van der Waals surface area contributed by atoms with Crippen LogP contribution < -0.4 is 5.32 Å². The number of hydrogen-bond acceptors (Lipinski definition) is 5. The number of hydrogen-bond donors (Lipinski definition) is 1. The molecule has 1 aliphatic heterocycles. The Bertz CT molecular complexity index is 434. The summed E-state index contributed by atoms with van der Waals surface area (Å²) in [4.78, 5) is 11.7. The van der Waals surface area contributed by atoms with Gasteiger partial charge in [-0.2, -0.15) is 0 Å². The van der Waals surface area contributed by atoms with Gasteiger partial charge in [0.1, 0.15) is 11.9 Å². The van der Waals surface area contributed by atoms with E-state index in [1.54, 1.807) is 0 Å². The highest BCUT2D eigenvalue weighted by Gasteiger charge is 2.24. The van der Waals surface area contributed by atoms with Crippen molar-refractivity contribution >= 4 is 5.82 Å². The number of ether oxygens (including phenoxy) is 1. The second-order valence-corrected chi connectivity index (χ2v) is 5.60. The maximum Gasteiger partial charge on any atom is 0.161 e. The Morgan fingerprint density at radius 2 is 2.25 bits per heavy atom. The molecule has 0 spiro atoms. The first kappa shape index (κ1) is 15.2. The van der Waals surface area contributed by atoms with Crippen LogP contribution in [-0.4, -0.2) is 48.2 Å². The predicted molar refractivity (Wildman–Crippen MR) is 81.1 cm³/mol. The molecular formula is C15H26N4O. The van der Waals surface area contributed by atoms with Gasteiger partial charge in [-0.3, -0.25) is 4.90 Å². The van der Waals surface area contributed by atoms with Crippen LogP contribution in [0.3, 0.4) is 0 Å². The van der Waals surface area contributed by atoms with Crippen molar-refractivity contribution in [1.82, 2.24) is 14.9 Å². The van der Waals surface area contributed by atoms with Crippen molar-refractivity contribution in [2.75, 3.05) is 38.6 Å². The Labute approximate surface area is 121 Å². The summed E-state index contributed by atoms with van der Waals surface area (Å²) < 4.78 is 5.88. The van der Waals surface area contributed by atoms with E-state index in [-0.39, 0.29) is 6.10 Å². The summed E-state index contributed by atoms with van der Waals surface area (Å²) in [6.07, 6.45) is 1.16. The molecule has 1 fully saturated rings. The van der Waals surface area contributed by atoms with Crippen molar-refractivity contribution in [2.24, 2.45) is 0 Å². The van der Waals surface area contributed by atoms with Gasteiger partial charge in [0.25, 0.3) is 0 Å². The quantitative estimate of drug-likeness (QED) is 0.896. The molecule has 1 N–H and O–H groups in total. The predicted octanol–water partition coefficient (Wildman–Crippen LogP) is 2.43. The average Bonchev–Trinajstić information content (AvgIpc) is 2.47. The first-order valence-corrected chi connectivity index (χ1v) is 7.54. The minimum absolute atomic E-state index is 0.0129.